The Morgan fingerprint density at radius 1 is 1.42 bits per heavy atom. The number of cyclic esters (lactones) is 1. The maximum atomic E-state index is 12.7. The highest BCUT2D eigenvalue weighted by molar-refractivity contribution is 7.99. The zero-order valence-electron chi connectivity index (χ0n) is 17.8. The Balaban J connectivity index is 2.29. The van der Waals surface area contributed by atoms with Crippen LogP contribution < -0.4 is 15.4 Å². The molecule has 1 aliphatic rings. The number of esters is 1. The van der Waals surface area contributed by atoms with E-state index in [9.17, 15) is 14.7 Å². The molecule has 8 nitrogen and oxygen atoms in total. The van der Waals surface area contributed by atoms with Gasteiger partial charge in [0.1, 0.15) is 17.5 Å². The summed E-state index contributed by atoms with van der Waals surface area (Å²) >= 11 is 6.82. The Kier molecular flexibility index (Phi) is 10.4. The van der Waals surface area contributed by atoms with Crippen LogP contribution in [0.2, 0.25) is 0 Å². The number of ether oxygens (including phenoxy) is 2. The number of methoxy groups -OCH3 is 1. The average Bonchev–Trinajstić information content (AvgIpc) is 2.74. The molecule has 0 saturated heterocycles. The van der Waals surface area contributed by atoms with Crippen LogP contribution in [0.25, 0.3) is 0 Å². The normalized spacial score (nSPS) is 20.6. The van der Waals surface area contributed by atoms with Crippen LogP contribution >= 0.6 is 24.0 Å². The van der Waals surface area contributed by atoms with E-state index in [0.717, 1.165) is 0 Å². The summed E-state index contributed by atoms with van der Waals surface area (Å²) in [6.07, 6.45) is 2.37. The third kappa shape index (κ3) is 7.55. The average molecular weight is 471 g/mol. The van der Waals surface area contributed by atoms with Crippen molar-refractivity contribution in [2.24, 2.45) is 0 Å². The number of carbonyl (C=O) groups is 2. The van der Waals surface area contributed by atoms with E-state index < -0.39 is 12.0 Å². The smallest absolute Gasteiger partial charge is 0.338 e. The number of fused-ring (bicyclic) bond motifs is 1. The fourth-order valence-corrected chi connectivity index (χ4v) is 4.45. The fourth-order valence-electron chi connectivity index (χ4n) is 3.07. The number of thiocarbonyl (C=S) groups is 1. The number of carbonyl (C=O) groups excluding carboxylic acids is 2. The summed E-state index contributed by atoms with van der Waals surface area (Å²) in [4.78, 5) is 26.0. The van der Waals surface area contributed by atoms with Gasteiger partial charge in [-0.1, -0.05) is 19.1 Å². The van der Waals surface area contributed by atoms with E-state index in [-0.39, 0.29) is 41.4 Å². The molecule has 172 valence electrons. The summed E-state index contributed by atoms with van der Waals surface area (Å²) in [6.45, 7) is 2.48. The first-order chi connectivity index (χ1) is 14.9. The van der Waals surface area contributed by atoms with Crippen LogP contribution in [-0.2, 0) is 15.3 Å². The molecule has 4 N–H and O–H groups in total. The molecule has 1 aromatic carbocycles. The largest absolute Gasteiger partial charge is 0.507 e. The maximum Gasteiger partial charge on any atom is 0.338 e. The van der Waals surface area contributed by atoms with Gasteiger partial charge in [-0.05, 0) is 31.7 Å². The van der Waals surface area contributed by atoms with Gasteiger partial charge in [0.05, 0.1) is 24.3 Å². The number of aliphatic hydroxyl groups excluding tert-OH is 1. The number of hydrogen-bond acceptors (Lipinski definition) is 8. The van der Waals surface area contributed by atoms with Gasteiger partial charge >= 0.3 is 5.97 Å². The number of phenols is 1. The van der Waals surface area contributed by atoms with E-state index in [0.29, 0.717) is 48.5 Å². The SMILES string of the molecule is COc1cc(O)c2c(c1)C(=O)OCCCCC(=S)NC(C(=O)NCCCO)C(C)SC2. The number of aliphatic hydroxyl groups is 1. The van der Waals surface area contributed by atoms with Crippen LogP contribution in [0.1, 0.15) is 48.5 Å². The summed E-state index contributed by atoms with van der Waals surface area (Å²) in [6, 6.07) is 2.42. The third-order valence-electron chi connectivity index (χ3n) is 4.88. The number of nitrogens with one attached hydrogen (secondary N) is 2. The summed E-state index contributed by atoms with van der Waals surface area (Å²) in [5.74, 6) is -0.142. The van der Waals surface area contributed by atoms with Gasteiger partial charge < -0.3 is 30.3 Å². The van der Waals surface area contributed by atoms with Gasteiger partial charge in [0.2, 0.25) is 5.91 Å². The van der Waals surface area contributed by atoms with Crippen molar-refractivity contribution >= 4 is 40.8 Å². The van der Waals surface area contributed by atoms with Crippen molar-refractivity contribution in [2.45, 2.75) is 49.7 Å². The first kappa shape index (κ1) is 25.2. The van der Waals surface area contributed by atoms with Crippen molar-refractivity contribution < 1.29 is 29.3 Å². The lowest BCUT2D eigenvalue weighted by Gasteiger charge is -2.26. The van der Waals surface area contributed by atoms with Crippen molar-refractivity contribution in [3.63, 3.8) is 0 Å². The lowest BCUT2D eigenvalue weighted by molar-refractivity contribution is -0.122. The molecule has 2 rings (SSSR count). The van der Waals surface area contributed by atoms with Crippen LogP contribution in [0.3, 0.4) is 0 Å². The predicted molar refractivity (Wildman–Crippen MR) is 124 cm³/mol. The minimum atomic E-state index is -0.588. The number of aromatic hydroxyl groups is 1. The number of thioether (sulfide) groups is 1. The first-order valence-corrected chi connectivity index (χ1v) is 11.7. The van der Waals surface area contributed by atoms with Gasteiger partial charge in [-0.3, -0.25) is 4.79 Å². The number of benzene rings is 1. The van der Waals surface area contributed by atoms with Crippen molar-refractivity contribution in [3.05, 3.63) is 23.3 Å². The molecule has 1 aromatic rings. The fraction of sp³-hybridized carbons (Fsp3) is 0.571. The monoisotopic (exact) mass is 470 g/mol. The molecule has 2 atom stereocenters. The molecule has 1 amide bonds. The van der Waals surface area contributed by atoms with Crippen molar-refractivity contribution in [3.8, 4) is 11.5 Å². The Bertz CT molecular complexity index is 789. The van der Waals surface area contributed by atoms with E-state index >= 15 is 0 Å². The molecule has 10 heteroatoms. The van der Waals surface area contributed by atoms with Gasteiger partial charge in [0.25, 0.3) is 0 Å². The molecule has 0 radical (unpaired) electrons. The predicted octanol–water partition coefficient (Wildman–Crippen LogP) is 2.15. The van der Waals surface area contributed by atoms with Crippen LogP contribution in [0.4, 0.5) is 0 Å². The van der Waals surface area contributed by atoms with Gasteiger partial charge in [-0.15, -0.1) is 0 Å². The Labute approximate surface area is 192 Å². The summed E-state index contributed by atoms with van der Waals surface area (Å²) in [7, 11) is 1.46. The second kappa shape index (κ2) is 12.7. The molecule has 0 spiro atoms. The molecule has 0 saturated carbocycles. The summed E-state index contributed by atoms with van der Waals surface area (Å²) in [5.41, 5.74) is 0.683. The highest BCUT2D eigenvalue weighted by Crippen LogP contribution is 2.33. The van der Waals surface area contributed by atoms with Crippen molar-refractivity contribution in [2.75, 3.05) is 26.9 Å². The van der Waals surface area contributed by atoms with E-state index in [1.807, 2.05) is 6.92 Å². The topological polar surface area (TPSA) is 117 Å². The van der Waals surface area contributed by atoms with Gasteiger partial charge in [-0.25, -0.2) is 4.79 Å². The Morgan fingerprint density at radius 2 is 2.19 bits per heavy atom. The van der Waals surface area contributed by atoms with Crippen LogP contribution in [0.15, 0.2) is 12.1 Å². The summed E-state index contributed by atoms with van der Waals surface area (Å²) in [5, 5.41) is 25.2. The zero-order valence-corrected chi connectivity index (χ0v) is 19.4. The van der Waals surface area contributed by atoms with Crippen molar-refractivity contribution in [1.82, 2.24) is 10.6 Å². The molecule has 1 aliphatic heterocycles. The number of phenolic OH excluding ortho intramolecular Hbond substituents is 1. The highest BCUT2D eigenvalue weighted by atomic mass is 32.2. The molecule has 0 bridgehead atoms. The minimum absolute atomic E-state index is 0.00326. The van der Waals surface area contributed by atoms with E-state index in [2.05, 4.69) is 10.6 Å². The molecule has 2 unspecified atom stereocenters. The van der Waals surface area contributed by atoms with Crippen LogP contribution in [0.5, 0.6) is 11.5 Å². The van der Waals surface area contributed by atoms with E-state index in [1.165, 1.54) is 24.9 Å². The molecule has 1 heterocycles. The van der Waals surface area contributed by atoms with E-state index in [4.69, 9.17) is 26.8 Å². The quantitative estimate of drug-likeness (QED) is 0.292. The standard InChI is InChI=1S/C21H30N2O6S2/c1-13-19(20(26)22-7-5-8-24)23-18(30)6-3-4-9-29-21(27)15-10-14(28-2)11-17(25)16(15)12-31-13/h10-11,13,19,24-25H,3-9,12H2,1-2H3,(H,22,26)(H,23,30). The lowest BCUT2D eigenvalue weighted by Crippen LogP contribution is -2.51. The van der Waals surface area contributed by atoms with Crippen LogP contribution in [-0.4, -0.2) is 65.2 Å². The van der Waals surface area contributed by atoms with E-state index in [1.54, 1.807) is 6.07 Å². The number of amides is 1. The lowest BCUT2D eigenvalue weighted by atomic mass is 10.1. The Morgan fingerprint density at radius 3 is 2.90 bits per heavy atom. The second-order valence-electron chi connectivity index (χ2n) is 7.20. The molecule has 0 aromatic heterocycles. The highest BCUT2D eigenvalue weighted by Gasteiger charge is 2.28. The van der Waals surface area contributed by atoms with Gasteiger partial charge in [-0.2, -0.15) is 11.8 Å². The molecular formula is C21H30N2O6S2. The first-order valence-electron chi connectivity index (χ1n) is 10.2. The molecule has 31 heavy (non-hydrogen) atoms. The van der Waals surface area contributed by atoms with Gasteiger partial charge in [0, 0.05) is 35.8 Å². The Hall–Kier alpha value is -2.04. The maximum absolute atomic E-state index is 12.7. The van der Waals surface area contributed by atoms with Gasteiger partial charge in [0.15, 0.2) is 0 Å². The van der Waals surface area contributed by atoms with Crippen LogP contribution in [0, 0.1) is 0 Å². The number of rotatable bonds is 5. The zero-order chi connectivity index (χ0) is 22.8. The molecular weight excluding hydrogens is 440 g/mol. The summed E-state index contributed by atoms with van der Waals surface area (Å²) < 4.78 is 10.6. The third-order valence-corrected chi connectivity index (χ3v) is 6.46. The second-order valence-corrected chi connectivity index (χ2v) is 9.05. The molecule has 0 aliphatic carbocycles. The van der Waals surface area contributed by atoms with Crippen molar-refractivity contribution in [1.29, 1.82) is 0 Å². The minimum Gasteiger partial charge on any atom is -0.507 e. The number of hydrogen-bond donors (Lipinski definition) is 4. The molecule has 0 fully saturated rings.